The third-order valence-corrected chi connectivity index (χ3v) is 7.42. The maximum atomic E-state index is 12.7. The number of amides is 3. The molecule has 0 bridgehead atoms. The Balaban J connectivity index is 1.05. The summed E-state index contributed by atoms with van der Waals surface area (Å²) in [4.78, 5) is 33.1. The van der Waals surface area contributed by atoms with Crippen molar-refractivity contribution in [3.05, 3.63) is 54.4 Å². The molecule has 1 aromatic heterocycles. The van der Waals surface area contributed by atoms with Crippen LogP contribution in [-0.2, 0) is 4.79 Å². The molecule has 5 rings (SSSR count). The number of hydrogen-bond acceptors (Lipinski definition) is 4. The van der Waals surface area contributed by atoms with E-state index in [1.54, 1.807) is 11.1 Å². The lowest BCUT2D eigenvalue weighted by Gasteiger charge is -2.39. The second kappa shape index (κ2) is 10.5. The normalized spacial score (nSPS) is 21.2. The number of hydrogen-bond donors (Lipinski definition) is 1. The van der Waals surface area contributed by atoms with Crippen molar-refractivity contribution in [3.63, 3.8) is 0 Å². The Morgan fingerprint density at radius 1 is 0.971 bits per heavy atom. The fraction of sp³-hybridized carbons (Fsp3) is 0.519. The van der Waals surface area contributed by atoms with Gasteiger partial charge in [-0.05, 0) is 54.7 Å². The van der Waals surface area contributed by atoms with E-state index in [1.807, 2.05) is 41.4 Å². The van der Waals surface area contributed by atoms with Crippen LogP contribution in [0.2, 0.25) is 0 Å². The Bertz CT molecular complexity index is 969. The van der Waals surface area contributed by atoms with Gasteiger partial charge in [-0.3, -0.25) is 9.78 Å². The number of ether oxygens (including phenoxy) is 1. The van der Waals surface area contributed by atoms with E-state index in [2.05, 4.69) is 16.4 Å². The zero-order valence-corrected chi connectivity index (χ0v) is 19.7. The Morgan fingerprint density at radius 2 is 1.76 bits per heavy atom. The van der Waals surface area contributed by atoms with Crippen molar-refractivity contribution < 1.29 is 14.3 Å². The molecular weight excluding hydrogens is 428 g/mol. The van der Waals surface area contributed by atoms with Gasteiger partial charge in [-0.1, -0.05) is 25.3 Å². The molecule has 3 heterocycles. The third-order valence-electron chi connectivity index (χ3n) is 7.42. The van der Waals surface area contributed by atoms with E-state index >= 15 is 0 Å². The average Bonchev–Trinajstić information content (AvgIpc) is 3.29. The van der Waals surface area contributed by atoms with Crippen LogP contribution in [0, 0.1) is 5.92 Å². The summed E-state index contributed by atoms with van der Waals surface area (Å²) in [6, 6.07) is 11.4. The van der Waals surface area contributed by atoms with Crippen LogP contribution in [0.25, 0.3) is 0 Å². The Labute approximate surface area is 201 Å². The van der Waals surface area contributed by atoms with Crippen LogP contribution < -0.4 is 10.1 Å². The zero-order chi connectivity index (χ0) is 23.3. The fourth-order valence-corrected chi connectivity index (χ4v) is 5.30. The first-order valence-electron chi connectivity index (χ1n) is 12.6. The molecule has 3 amide bonds. The van der Waals surface area contributed by atoms with Gasteiger partial charge >= 0.3 is 6.03 Å². The van der Waals surface area contributed by atoms with Crippen LogP contribution in [-0.4, -0.2) is 59.0 Å². The Morgan fingerprint density at radius 3 is 2.50 bits per heavy atom. The van der Waals surface area contributed by atoms with E-state index in [4.69, 9.17) is 4.74 Å². The van der Waals surface area contributed by atoms with Crippen LogP contribution >= 0.6 is 0 Å². The molecule has 2 aliphatic heterocycles. The summed E-state index contributed by atoms with van der Waals surface area (Å²) in [5.41, 5.74) is 1.92. The first-order valence-corrected chi connectivity index (χ1v) is 12.6. The van der Waals surface area contributed by atoms with Gasteiger partial charge in [0, 0.05) is 56.5 Å². The van der Waals surface area contributed by atoms with Crippen molar-refractivity contribution in [1.82, 2.24) is 14.8 Å². The maximum Gasteiger partial charge on any atom is 0.321 e. The lowest BCUT2D eigenvalue weighted by atomic mass is 9.87. The van der Waals surface area contributed by atoms with Gasteiger partial charge in [0.1, 0.15) is 11.9 Å². The molecule has 7 nitrogen and oxygen atoms in total. The van der Waals surface area contributed by atoms with E-state index in [-0.39, 0.29) is 18.0 Å². The largest absolute Gasteiger partial charge is 0.489 e. The van der Waals surface area contributed by atoms with Gasteiger partial charge in [-0.2, -0.15) is 0 Å². The lowest BCUT2D eigenvalue weighted by molar-refractivity contribution is -0.131. The second-order valence-corrected chi connectivity index (χ2v) is 9.92. The number of anilines is 1. The SMILES string of the molecule is O=C(CC1CCCCC1)N1CC[C@@H](Oc2ccc(NC(=O)N3CC(c4cccnc4)C3)cc2)C1. The molecule has 1 aliphatic carbocycles. The van der Waals surface area contributed by atoms with Crippen molar-refractivity contribution in [3.8, 4) is 5.75 Å². The van der Waals surface area contributed by atoms with E-state index in [0.29, 0.717) is 37.9 Å². The number of benzene rings is 1. The number of urea groups is 1. The molecule has 2 aromatic rings. The molecule has 1 aromatic carbocycles. The highest BCUT2D eigenvalue weighted by Crippen LogP contribution is 2.29. The van der Waals surface area contributed by atoms with E-state index in [0.717, 1.165) is 24.4 Å². The molecule has 7 heteroatoms. The minimum Gasteiger partial charge on any atom is -0.489 e. The highest BCUT2D eigenvalue weighted by Gasteiger charge is 2.32. The summed E-state index contributed by atoms with van der Waals surface area (Å²) in [5, 5.41) is 2.96. The van der Waals surface area contributed by atoms with Crippen LogP contribution in [0.1, 0.15) is 56.4 Å². The first kappa shape index (κ1) is 22.7. The molecule has 1 atom stereocenters. The minimum atomic E-state index is -0.0864. The summed E-state index contributed by atoms with van der Waals surface area (Å²) in [7, 11) is 0. The van der Waals surface area contributed by atoms with Gasteiger partial charge in [-0.25, -0.2) is 4.79 Å². The van der Waals surface area contributed by atoms with Crippen molar-refractivity contribution >= 4 is 17.6 Å². The van der Waals surface area contributed by atoms with Gasteiger partial charge in [0.05, 0.1) is 6.54 Å². The first-order chi connectivity index (χ1) is 16.6. The number of nitrogens with zero attached hydrogens (tertiary/aromatic N) is 3. The summed E-state index contributed by atoms with van der Waals surface area (Å²) >= 11 is 0. The number of aromatic nitrogens is 1. The number of carbonyl (C=O) groups is 2. The quantitative estimate of drug-likeness (QED) is 0.677. The van der Waals surface area contributed by atoms with E-state index in [9.17, 15) is 9.59 Å². The smallest absolute Gasteiger partial charge is 0.321 e. The molecule has 3 aliphatic rings. The van der Waals surface area contributed by atoms with Crippen molar-refractivity contribution in [2.24, 2.45) is 5.92 Å². The minimum absolute atomic E-state index is 0.0289. The molecular formula is C27H34N4O3. The Kier molecular flexibility index (Phi) is 6.97. The van der Waals surface area contributed by atoms with Gasteiger partial charge in [0.2, 0.25) is 5.91 Å². The summed E-state index contributed by atoms with van der Waals surface area (Å²) in [6.45, 7) is 2.85. The maximum absolute atomic E-state index is 12.7. The van der Waals surface area contributed by atoms with Gasteiger partial charge in [0.15, 0.2) is 0 Å². The van der Waals surface area contributed by atoms with E-state index < -0.39 is 0 Å². The number of rotatable bonds is 6. The zero-order valence-electron chi connectivity index (χ0n) is 19.7. The average molecular weight is 463 g/mol. The molecule has 0 unspecified atom stereocenters. The fourth-order valence-electron chi connectivity index (χ4n) is 5.30. The number of pyridine rings is 1. The Hall–Kier alpha value is -3.09. The molecule has 3 fully saturated rings. The standard InChI is InChI=1S/C27H34N4O3/c32-26(15-20-5-2-1-3-6-20)30-14-12-25(19-30)34-24-10-8-23(9-11-24)29-27(33)31-17-22(18-31)21-7-4-13-28-16-21/h4,7-11,13,16,20,22,25H,1-3,5-6,12,14-15,17-19H2,(H,29,33)/t25-/m1/s1. The second-order valence-electron chi connectivity index (χ2n) is 9.92. The summed E-state index contributed by atoms with van der Waals surface area (Å²) < 4.78 is 6.13. The van der Waals surface area contributed by atoms with Crippen molar-refractivity contribution in [1.29, 1.82) is 0 Å². The van der Waals surface area contributed by atoms with Crippen LogP contribution in [0.15, 0.2) is 48.8 Å². The molecule has 0 spiro atoms. The molecule has 34 heavy (non-hydrogen) atoms. The number of carbonyl (C=O) groups excluding carboxylic acids is 2. The van der Waals surface area contributed by atoms with Crippen LogP contribution in [0.5, 0.6) is 5.75 Å². The topological polar surface area (TPSA) is 74.8 Å². The molecule has 180 valence electrons. The monoisotopic (exact) mass is 462 g/mol. The molecule has 0 radical (unpaired) electrons. The highest BCUT2D eigenvalue weighted by molar-refractivity contribution is 5.90. The van der Waals surface area contributed by atoms with E-state index in [1.165, 1.54) is 37.7 Å². The van der Waals surface area contributed by atoms with Gasteiger partial charge < -0.3 is 19.9 Å². The van der Waals surface area contributed by atoms with Crippen LogP contribution in [0.3, 0.4) is 0 Å². The summed E-state index contributed by atoms with van der Waals surface area (Å²) in [5.74, 6) is 1.98. The molecule has 1 N–H and O–H groups in total. The number of likely N-dealkylation sites (tertiary alicyclic amines) is 2. The van der Waals surface area contributed by atoms with Gasteiger partial charge in [0.25, 0.3) is 0 Å². The predicted molar refractivity (Wildman–Crippen MR) is 131 cm³/mol. The highest BCUT2D eigenvalue weighted by atomic mass is 16.5. The van der Waals surface area contributed by atoms with Crippen molar-refractivity contribution in [2.75, 3.05) is 31.5 Å². The third kappa shape index (κ3) is 5.51. The number of nitrogens with one attached hydrogen (secondary N) is 1. The van der Waals surface area contributed by atoms with Gasteiger partial charge in [-0.15, -0.1) is 0 Å². The predicted octanol–water partition coefficient (Wildman–Crippen LogP) is 4.66. The van der Waals surface area contributed by atoms with Crippen molar-refractivity contribution in [2.45, 2.75) is 57.0 Å². The summed E-state index contributed by atoms with van der Waals surface area (Å²) in [6.07, 6.45) is 11.5. The molecule has 1 saturated carbocycles. The lowest BCUT2D eigenvalue weighted by Crippen LogP contribution is -2.50. The molecule has 2 saturated heterocycles. The van der Waals surface area contributed by atoms with Crippen LogP contribution in [0.4, 0.5) is 10.5 Å².